The van der Waals surface area contributed by atoms with E-state index in [9.17, 15) is 9.90 Å². The minimum absolute atomic E-state index is 0. The van der Waals surface area contributed by atoms with E-state index in [1.54, 1.807) is 18.7 Å². The van der Waals surface area contributed by atoms with Crippen LogP contribution in [0.25, 0.3) is 10.9 Å². The third-order valence-corrected chi connectivity index (χ3v) is 6.62. The summed E-state index contributed by atoms with van der Waals surface area (Å²) >= 11 is 5.15. The summed E-state index contributed by atoms with van der Waals surface area (Å²) in [5, 5.41) is 11.5. The number of thioether (sulfide) groups is 1. The Kier molecular flexibility index (Phi) is 10.6. The second-order valence-corrected chi connectivity index (χ2v) is 9.42. The maximum Gasteiger partial charge on any atom is 0.340 e. The van der Waals surface area contributed by atoms with Gasteiger partial charge in [0, 0.05) is 40.9 Å². The van der Waals surface area contributed by atoms with E-state index in [0.717, 1.165) is 27.1 Å². The molecular formula is C23H29BrClN2O4S-. The number of aromatic nitrogens is 1. The molecule has 2 aromatic carbocycles. The number of nitrogens with zero attached hydrogens (tertiary/aromatic N) is 2. The molecular weight excluding hydrogens is 516 g/mol. The second kappa shape index (κ2) is 12.0. The van der Waals surface area contributed by atoms with E-state index in [2.05, 4.69) is 47.1 Å². The Labute approximate surface area is 207 Å². The standard InChI is InChI=1S/C23H27BrN2O3S.ClH.H2O/c1-6-29-23(28)21-19(13-30-15-9-7-14(2)8-10-15)26(5)18-11-17(24)22(27)16(20(18)21)12-25(3)4;;/h7-11,27H,6,12-13H2,1-5H3;1H;1H2/p-1. The fraction of sp³-hybridized carbons (Fsp3) is 0.348. The van der Waals surface area contributed by atoms with Crippen LogP contribution in [0.2, 0.25) is 0 Å². The van der Waals surface area contributed by atoms with Gasteiger partial charge >= 0.3 is 5.97 Å². The maximum atomic E-state index is 13.0. The third kappa shape index (κ3) is 5.80. The van der Waals surface area contributed by atoms with E-state index in [4.69, 9.17) is 4.74 Å². The number of ether oxygens (including phenoxy) is 1. The number of aryl methyl sites for hydroxylation is 2. The quantitative estimate of drug-likeness (QED) is 0.361. The summed E-state index contributed by atoms with van der Waals surface area (Å²) in [5.41, 5.74) is 4.23. The van der Waals surface area contributed by atoms with Gasteiger partial charge in [-0.25, -0.2) is 4.79 Å². The highest BCUT2D eigenvalue weighted by atomic mass is 79.9. The van der Waals surface area contributed by atoms with Gasteiger partial charge < -0.3 is 37.2 Å². The SMILES string of the molecule is CCOC(=O)c1c(CSc2ccc(C)cc2)n(C)c2cc(Br)c(O)c(CN(C)C)c12.O.[Cl-]. The number of hydrogen-bond acceptors (Lipinski definition) is 5. The van der Waals surface area contributed by atoms with Crippen molar-refractivity contribution in [1.82, 2.24) is 9.47 Å². The molecule has 0 atom stereocenters. The van der Waals surface area contributed by atoms with Gasteiger partial charge in [-0.15, -0.1) is 11.8 Å². The largest absolute Gasteiger partial charge is 1.00 e. The molecule has 0 aliphatic heterocycles. The van der Waals surface area contributed by atoms with Crippen molar-refractivity contribution >= 4 is 44.6 Å². The Hall–Kier alpha value is -1.71. The number of fused-ring (bicyclic) bond motifs is 1. The maximum absolute atomic E-state index is 13.0. The number of aromatic hydroxyl groups is 1. The van der Waals surface area contributed by atoms with Crippen LogP contribution in [0.4, 0.5) is 0 Å². The summed E-state index contributed by atoms with van der Waals surface area (Å²) in [7, 11) is 5.83. The average Bonchev–Trinajstić information content (AvgIpc) is 2.96. The average molecular weight is 545 g/mol. The van der Waals surface area contributed by atoms with Crippen LogP contribution in [0.3, 0.4) is 0 Å². The summed E-state index contributed by atoms with van der Waals surface area (Å²) in [6.07, 6.45) is 0. The van der Waals surface area contributed by atoms with Gasteiger partial charge in [-0.1, -0.05) is 17.7 Å². The van der Waals surface area contributed by atoms with E-state index in [0.29, 0.717) is 28.9 Å². The van der Waals surface area contributed by atoms with Crippen molar-refractivity contribution in [3.05, 3.63) is 57.2 Å². The van der Waals surface area contributed by atoms with Crippen molar-refractivity contribution in [2.45, 2.75) is 31.0 Å². The lowest BCUT2D eigenvalue weighted by molar-refractivity contribution is -0.0000266. The van der Waals surface area contributed by atoms with Gasteiger partial charge in [0.05, 0.1) is 22.2 Å². The molecule has 0 amide bonds. The molecule has 1 aromatic heterocycles. The summed E-state index contributed by atoms with van der Waals surface area (Å²) < 4.78 is 8.06. The van der Waals surface area contributed by atoms with Crippen LogP contribution in [-0.2, 0) is 24.1 Å². The molecule has 0 bridgehead atoms. The molecule has 9 heteroatoms. The predicted octanol–water partition coefficient (Wildman–Crippen LogP) is 1.66. The summed E-state index contributed by atoms with van der Waals surface area (Å²) in [6.45, 7) is 4.67. The monoisotopic (exact) mass is 543 g/mol. The third-order valence-electron chi connectivity index (χ3n) is 4.99. The molecule has 3 aromatic rings. The van der Waals surface area contributed by atoms with Crippen molar-refractivity contribution in [3.8, 4) is 5.75 Å². The first-order valence-corrected chi connectivity index (χ1v) is 11.5. The van der Waals surface area contributed by atoms with Crippen LogP contribution in [0.1, 0.15) is 34.1 Å². The molecule has 6 nitrogen and oxygen atoms in total. The van der Waals surface area contributed by atoms with Crippen molar-refractivity contribution in [2.24, 2.45) is 7.05 Å². The van der Waals surface area contributed by atoms with E-state index in [1.807, 2.05) is 36.7 Å². The lowest BCUT2D eigenvalue weighted by atomic mass is 10.0. The molecule has 0 unspecified atom stereocenters. The number of phenols is 1. The highest BCUT2D eigenvalue weighted by molar-refractivity contribution is 9.10. The van der Waals surface area contributed by atoms with Crippen LogP contribution in [-0.4, -0.2) is 46.7 Å². The molecule has 0 saturated carbocycles. The lowest BCUT2D eigenvalue weighted by Gasteiger charge is -2.15. The van der Waals surface area contributed by atoms with Crippen molar-refractivity contribution in [2.75, 3.05) is 20.7 Å². The molecule has 3 rings (SSSR count). The summed E-state index contributed by atoms with van der Waals surface area (Å²) in [4.78, 5) is 16.1. The minimum atomic E-state index is -0.357. The molecule has 0 aliphatic rings. The van der Waals surface area contributed by atoms with Gasteiger partial charge in [0.15, 0.2) is 0 Å². The molecule has 0 saturated heterocycles. The Morgan fingerprint density at radius 2 is 1.88 bits per heavy atom. The number of esters is 1. The van der Waals surface area contributed by atoms with E-state index < -0.39 is 0 Å². The fourth-order valence-corrected chi connectivity index (χ4v) is 4.95. The zero-order valence-electron chi connectivity index (χ0n) is 18.8. The van der Waals surface area contributed by atoms with Crippen LogP contribution in [0, 0.1) is 6.92 Å². The van der Waals surface area contributed by atoms with Gasteiger partial charge in [0.1, 0.15) is 5.75 Å². The van der Waals surface area contributed by atoms with Crippen molar-refractivity contribution in [3.63, 3.8) is 0 Å². The first-order chi connectivity index (χ1) is 14.2. The van der Waals surface area contributed by atoms with Gasteiger partial charge in [-0.2, -0.15) is 0 Å². The molecule has 176 valence electrons. The van der Waals surface area contributed by atoms with Crippen molar-refractivity contribution in [1.29, 1.82) is 0 Å². The molecule has 0 radical (unpaired) electrons. The van der Waals surface area contributed by atoms with E-state index >= 15 is 0 Å². The zero-order chi connectivity index (χ0) is 22.0. The molecule has 1 heterocycles. The van der Waals surface area contributed by atoms with Crippen molar-refractivity contribution < 1.29 is 32.5 Å². The minimum Gasteiger partial charge on any atom is -1.00 e. The Morgan fingerprint density at radius 1 is 1.25 bits per heavy atom. The van der Waals surface area contributed by atoms with E-state index in [-0.39, 0.29) is 29.6 Å². The molecule has 0 fully saturated rings. The second-order valence-electron chi connectivity index (χ2n) is 7.52. The van der Waals surface area contributed by atoms with Crippen LogP contribution < -0.4 is 12.4 Å². The molecule has 0 spiro atoms. The number of benzene rings is 2. The summed E-state index contributed by atoms with van der Waals surface area (Å²) in [6, 6.07) is 10.2. The van der Waals surface area contributed by atoms with Crippen LogP contribution in [0.5, 0.6) is 5.75 Å². The first-order valence-electron chi connectivity index (χ1n) is 9.77. The number of phenolic OH excluding ortho intramolecular Hbond substituents is 1. The zero-order valence-corrected chi connectivity index (χ0v) is 22.0. The molecule has 32 heavy (non-hydrogen) atoms. The smallest absolute Gasteiger partial charge is 0.340 e. The number of rotatable bonds is 7. The number of hydrogen-bond donors (Lipinski definition) is 1. The van der Waals surface area contributed by atoms with Crippen LogP contribution >= 0.6 is 27.7 Å². The Balaban J connectivity index is 0.00000256. The fourth-order valence-electron chi connectivity index (χ4n) is 3.53. The number of halogens is 2. The summed E-state index contributed by atoms with van der Waals surface area (Å²) in [5.74, 6) is 0.414. The first kappa shape index (κ1) is 28.3. The number of carbonyl (C=O) groups excluding carboxylic acids is 1. The highest BCUT2D eigenvalue weighted by Gasteiger charge is 2.27. The topological polar surface area (TPSA) is 86.2 Å². The van der Waals surface area contributed by atoms with Gasteiger partial charge in [-0.05, 0) is 62.1 Å². The van der Waals surface area contributed by atoms with Crippen LogP contribution in [0.15, 0.2) is 39.7 Å². The number of carbonyl (C=O) groups is 1. The predicted molar refractivity (Wildman–Crippen MR) is 130 cm³/mol. The Bertz CT molecular complexity index is 1080. The van der Waals surface area contributed by atoms with E-state index in [1.165, 1.54) is 5.56 Å². The van der Waals surface area contributed by atoms with Gasteiger partial charge in [0.25, 0.3) is 0 Å². The normalized spacial score (nSPS) is 10.7. The van der Waals surface area contributed by atoms with Gasteiger partial charge in [-0.3, -0.25) is 0 Å². The van der Waals surface area contributed by atoms with Gasteiger partial charge in [0.2, 0.25) is 0 Å². The molecule has 3 N–H and O–H groups in total. The lowest BCUT2D eigenvalue weighted by Crippen LogP contribution is -3.00. The Morgan fingerprint density at radius 3 is 2.44 bits per heavy atom. The highest BCUT2D eigenvalue weighted by Crippen LogP contribution is 2.41. The molecule has 0 aliphatic carbocycles.